The van der Waals surface area contributed by atoms with Gasteiger partial charge in [0.15, 0.2) is 0 Å². The van der Waals surface area contributed by atoms with Crippen molar-refractivity contribution in [1.29, 1.82) is 0 Å². The van der Waals surface area contributed by atoms with Gasteiger partial charge in [-0.2, -0.15) is 0 Å². The van der Waals surface area contributed by atoms with Gasteiger partial charge in [0.2, 0.25) is 0 Å². The van der Waals surface area contributed by atoms with Crippen LogP contribution in [0.1, 0.15) is 34.1 Å². The first kappa shape index (κ1) is 13.3. The molecule has 1 fully saturated rings. The van der Waals surface area contributed by atoms with E-state index in [0.29, 0.717) is 18.4 Å². The highest BCUT2D eigenvalue weighted by Crippen LogP contribution is 2.17. The molecule has 1 heterocycles. The van der Waals surface area contributed by atoms with Crippen molar-refractivity contribution in [3.05, 3.63) is 0 Å². The molecule has 0 aromatic rings. The first-order valence-electron chi connectivity index (χ1n) is 6.06. The van der Waals surface area contributed by atoms with Gasteiger partial charge in [0.05, 0.1) is 0 Å². The van der Waals surface area contributed by atoms with Crippen molar-refractivity contribution in [2.24, 2.45) is 11.8 Å². The third kappa shape index (κ3) is 4.84. The number of hydrogen-bond acceptors (Lipinski definition) is 3. The van der Waals surface area contributed by atoms with E-state index < -0.39 is 5.60 Å². The van der Waals surface area contributed by atoms with Crippen molar-refractivity contribution in [2.45, 2.75) is 39.7 Å². The Morgan fingerprint density at radius 3 is 2.75 bits per heavy atom. The molecule has 0 saturated carbocycles. The van der Waals surface area contributed by atoms with Crippen molar-refractivity contribution in [1.82, 2.24) is 10.6 Å². The predicted octanol–water partition coefficient (Wildman–Crippen LogP) is 1.76. The number of carbonyl (C=O) groups is 1. The molecule has 2 atom stereocenters. The van der Waals surface area contributed by atoms with E-state index in [2.05, 4.69) is 17.6 Å². The Labute approximate surface area is 98.1 Å². The predicted molar refractivity (Wildman–Crippen MR) is 64.4 cm³/mol. The molecule has 0 aromatic carbocycles. The summed E-state index contributed by atoms with van der Waals surface area (Å²) in [4.78, 5) is 11.5. The first-order chi connectivity index (χ1) is 7.38. The minimum absolute atomic E-state index is 0.315. The van der Waals surface area contributed by atoms with E-state index >= 15 is 0 Å². The molecule has 0 radical (unpaired) electrons. The van der Waals surface area contributed by atoms with Crippen molar-refractivity contribution >= 4 is 6.09 Å². The summed E-state index contributed by atoms with van der Waals surface area (Å²) in [5, 5.41) is 6.18. The fourth-order valence-corrected chi connectivity index (χ4v) is 1.86. The lowest BCUT2D eigenvalue weighted by atomic mass is 9.88. The summed E-state index contributed by atoms with van der Waals surface area (Å²) in [6, 6.07) is 0. The Bertz CT molecular complexity index is 236. The monoisotopic (exact) mass is 228 g/mol. The van der Waals surface area contributed by atoms with E-state index in [4.69, 9.17) is 4.74 Å². The second-order valence-corrected chi connectivity index (χ2v) is 5.61. The second kappa shape index (κ2) is 5.53. The zero-order chi connectivity index (χ0) is 12.2. The maximum atomic E-state index is 11.5. The number of rotatable bonds is 2. The average Bonchev–Trinajstić information content (AvgIpc) is 2.14. The summed E-state index contributed by atoms with van der Waals surface area (Å²) in [6.07, 6.45) is 0.867. The van der Waals surface area contributed by atoms with Crippen LogP contribution in [0.2, 0.25) is 0 Å². The molecule has 16 heavy (non-hydrogen) atoms. The Morgan fingerprint density at radius 2 is 2.19 bits per heavy atom. The molecule has 1 rings (SSSR count). The van der Waals surface area contributed by atoms with Crippen molar-refractivity contribution in [3.63, 3.8) is 0 Å². The lowest BCUT2D eigenvalue weighted by Gasteiger charge is -2.30. The second-order valence-electron chi connectivity index (χ2n) is 5.61. The molecule has 0 spiro atoms. The number of carbonyl (C=O) groups excluding carboxylic acids is 1. The fraction of sp³-hybridized carbons (Fsp3) is 0.917. The first-order valence-corrected chi connectivity index (χ1v) is 6.06. The minimum Gasteiger partial charge on any atom is -0.444 e. The molecule has 0 aromatic heterocycles. The van der Waals surface area contributed by atoms with E-state index in [1.165, 1.54) is 6.42 Å². The number of hydrogen-bond donors (Lipinski definition) is 2. The zero-order valence-electron chi connectivity index (χ0n) is 10.8. The highest BCUT2D eigenvalue weighted by atomic mass is 16.6. The summed E-state index contributed by atoms with van der Waals surface area (Å²) >= 11 is 0. The van der Waals surface area contributed by atoms with Crippen LogP contribution < -0.4 is 10.6 Å². The van der Waals surface area contributed by atoms with Gasteiger partial charge in [-0.3, -0.25) is 0 Å². The number of ether oxygens (including phenoxy) is 1. The third-order valence-corrected chi connectivity index (χ3v) is 2.90. The topological polar surface area (TPSA) is 50.4 Å². The van der Waals surface area contributed by atoms with Crippen LogP contribution in [0.25, 0.3) is 0 Å². The van der Waals surface area contributed by atoms with Crippen LogP contribution in [-0.4, -0.2) is 31.3 Å². The minimum atomic E-state index is -0.416. The van der Waals surface area contributed by atoms with E-state index in [9.17, 15) is 4.79 Å². The summed E-state index contributed by atoms with van der Waals surface area (Å²) in [6.45, 7) is 10.6. The number of piperidine rings is 1. The Morgan fingerprint density at radius 1 is 1.50 bits per heavy atom. The maximum absolute atomic E-state index is 11.5. The van der Waals surface area contributed by atoms with Crippen LogP contribution in [-0.2, 0) is 4.74 Å². The Balaban J connectivity index is 2.25. The SMILES string of the molecule is C[C@@H]1CCNC[C@H]1CNC(=O)OC(C)(C)C. The van der Waals surface area contributed by atoms with Gasteiger partial charge in [-0.1, -0.05) is 6.92 Å². The van der Waals surface area contributed by atoms with Crippen LogP contribution in [0.5, 0.6) is 0 Å². The van der Waals surface area contributed by atoms with Crippen molar-refractivity contribution in [2.75, 3.05) is 19.6 Å². The van der Waals surface area contributed by atoms with Gasteiger partial charge in [-0.15, -0.1) is 0 Å². The highest BCUT2D eigenvalue weighted by molar-refractivity contribution is 5.67. The molecule has 1 amide bonds. The molecule has 4 heteroatoms. The van der Waals surface area contributed by atoms with Crippen LogP contribution in [0.15, 0.2) is 0 Å². The molecule has 4 nitrogen and oxygen atoms in total. The summed E-state index contributed by atoms with van der Waals surface area (Å²) in [7, 11) is 0. The van der Waals surface area contributed by atoms with Gasteiger partial charge in [-0.05, 0) is 52.1 Å². The zero-order valence-corrected chi connectivity index (χ0v) is 10.8. The molecule has 2 N–H and O–H groups in total. The molecule has 0 aliphatic carbocycles. The van der Waals surface area contributed by atoms with Gasteiger partial charge >= 0.3 is 6.09 Å². The van der Waals surface area contributed by atoms with Crippen molar-refractivity contribution in [3.8, 4) is 0 Å². The number of amides is 1. The molecule has 94 valence electrons. The largest absolute Gasteiger partial charge is 0.444 e. The van der Waals surface area contributed by atoms with Gasteiger partial charge in [0.1, 0.15) is 5.60 Å². The highest BCUT2D eigenvalue weighted by Gasteiger charge is 2.22. The molecule has 0 bridgehead atoms. The quantitative estimate of drug-likeness (QED) is 0.757. The molecule has 0 unspecified atom stereocenters. The van der Waals surface area contributed by atoms with E-state index in [-0.39, 0.29) is 6.09 Å². The number of alkyl carbamates (subject to hydrolysis) is 1. The summed E-state index contributed by atoms with van der Waals surface area (Å²) in [5.74, 6) is 1.18. The van der Waals surface area contributed by atoms with Gasteiger partial charge in [0.25, 0.3) is 0 Å². The Kier molecular flexibility index (Phi) is 4.59. The van der Waals surface area contributed by atoms with E-state index in [0.717, 1.165) is 13.1 Å². The normalized spacial score (nSPS) is 26.2. The fourth-order valence-electron chi connectivity index (χ4n) is 1.86. The molecule has 1 saturated heterocycles. The molecular formula is C12H24N2O2. The Hall–Kier alpha value is -0.770. The van der Waals surface area contributed by atoms with Crippen LogP contribution in [0.4, 0.5) is 4.79 Å². The van der Waals surface area contributed by atoms with Crippen LogP contribution >= 0.6 is 0 Å². The molecule has 1 aliphatic heterocycles. The van der Waals surface area contributed by atoms with E-state index in [1.54, 1.807) is 0 Å². The van der Waals surface area contributed by atoms with Crippen LogP contribution in [0.3, 0.4) is 0 Å². The number of nitrogens with one attached hydrogen (secondary N) is 2. The molecular weight excluding hydrogens is 204 g/mol. The smallest absolute Gasteiger partial charge is 0.407 e. The van der Waals surface area contributed by atoms with Gasteiger partial charge in [0, 0.05) is 6.54 Å². The average molecular weight is 228 g/mol. The van der Waals surface area contributed by atoms with Gasteiger partial charge in [-0.25, -0.2) is 4.79 Å². The summed E-state index contributed by atoms with van der Waals surface area (Å²) < 4.78 is 5.19. The lowest BCUT2D eigenvalue weighted by molar-refractivity contribution is 0.0510. The lowest BCUT2D eigenvalue weighted by Crippen LogP contribution is -2.43. The summed E-state index contributed by atoms with van der Waals surface area (Å²) in [5.41, 5.74) is -0.416. The maximum Gasteiger partial charge on any atom is 0.407 e. The molecule has 1 aliphatic rings. The van der Waals surface area contributed by atoms with Crippen LogP contribution in [0, 0.1) is 11.8 Å². The van der Waals surface area contributed by atoms with Gasteiger partial charge < -0.3 is 15.4 Å². The van der Waals surface area contributed by atoms with Crippen molar-refractivity contribution < 1.29 is 9.53 Å². The standard InChI is InChI=1S/C12H24N2O2/c1-9-5-6-13-7-10(9)8-14-11(15)16-12(2,3)4/h9-10,13H,5-8H2,1-4H3,(H,14,15)/t9-,10+/m1/s1. The third-order valence-electron chi connectivity index (χ3n) is 2.90. The van der Waals surface area contributed by atoms with E-state index in [1.807, 2.05) is 20.8 Å².